The van der Waals surface area contributed by atoms with Crippen LogP contribution >= 0.6 is 0 Å². The van der Waals surface area contributed by atoms with E-state index < -0.39 is 46.8 Å². The minimum absolute atomic E-state index is 0.164. The fraction of sp³-hybridized carbons (Fsp3) is 0.905. The van der Waals surface area contributed by atoms with Gasteiger partial charge in [-0.15, -0.1) is 0 Å². The lowest BCUT2D eigenvalue weighted by Crippen LogP contribution is -2.72. The van der Waals surface area contributed by atoms with Crippen LogP contribution in [0, 0.1) is 28.6 Å². The molecule has 6 heteroatoms. The van der Waals surface area contributed by atoms with Crippen LogP contribution in [-0.4, -0.2) is 67.3 Å². The highest BCUT2D eigenvalue weighted by Crippen LogP contribution is 2.68. The van der Waals surface area contributed by atoms with E-state index in [0.717, 1.165) is 5.57 Å². The topological polar surface area (TPSA) is 121 Å². The highest BCUT2D eigenvalue weighted by Gasteiger charge is 2.73. The SMILES string of the molecule is CC(O)C1CCC2(O)C3CC=C4CC(O)CCC4(CO)C3C(O)C(O)C12C. The zero-order valence-electron chi connectivity index (χ0n) is 16.3. The third-order valence-corrected chi connectivity index (χ3v) is 9.03. The predicted octanol–water partition coefficient (Wildman–Crippen LogP) is 0.336. The summed E-state index contributed by atoms with van der Waals surface area (Å²) in [6.45, 7) is 3.32. The Morgan fingerprint density at radius 2 is 1.89 bits per heavy atom. The van der Waals surface area contributed by atoms with E-state index in [1.54, 1.807) is 13.8 Å². The third-order valence-electron chi connectivity index (χ3n) is 9.03. The lowest BCUT2D eigenvalue weighted by Gasteiger charge is -2.64. The number of aliphatic hydroxyl groups excluding tert-OH is 5. The van der Waals surface area contributed by atoms with Gasteiger partial charge in [-0.3, -0.25) is 0 Å². The fourth-order valence-corrected chi connectivity index (χ4v) is 7.57. The maximum Gasteiger partial charge on any atom is 0.0886 e. The second-order valence-corrected chi connectivity index (χ2v) is 9.84. The molecule has 0 aromatic rings. The molecule has 154 valence electrons. The second kappa shape index (κ2) is 6.25. The van der Waals surface area contributed by atoms with Crippen LogP contribution in [0.3, 0.4) is 0 Å². The molecule has 3 saturated carbocycles. The Kier molecular flexibility index (Phi) is 4.58. The van der Waals surface area contributed by atoms with E-state index in [4.69, 9.17) is 0 Å². The van der Waals surface area contributed by atoms with E-state index in [0.29, 0.717) is 38.5 Å². The van der Waals surface area contributed by atoms with Crippen molar-refractivity contribution in [3.8, 4) is 0 Å². The van der Waals surface area contributed by atoms with Crippen molar-refractivity contribution in [3.05, 3.63) is 11.6 Å². The summed E-state index contributed by atoms with van der Waals surface area (Å²) in [6, 6.07) is 0. The molecule has 0 aromatic carbocycles. The highest BCUT2D eigenvalue weighted by atomic mass is 16.3. The number of hydrogen-bond acceptors (Lipinski definition) is 6. The molecule has 10 unspecified atom stereocenters. The number of rotatable bonds is 2. The molecule has 0 amide bonds. The van der Waals surface area contributed by atoms with Gasteiger partial charge >= 0.3 is 0 Å². The summed E-state index contributed by atoms with van der Waals surface area (Å²) in [4.78, 5) is 0. The zero-order valence-corrected chi connectivity index (χ0v) is 16.3. The van der Waals surface area contributed by atoms with Crippen LogP contribution in [-0.2, 0) is 0 Å². The summed E-state index contributed by atoms with van der Waals surface area (Å²) in [7, 11) is 0. The first-order chi connectivity index (χ1) is 12.6. The number of fused-ring (bicyclic) bond motifs is 5. The van der Waals surface area contributed by atoms with Gasteiger partial charge in [0.05, 0.1) is 36.6 Å². The molecule has 0 radical (unpaired) electrons. The van der Waals surface area contributed by atoms with Gasteiger partial charge in [0.2, 0.25) is 0 Å². The molecule has 3 fully saturated rings. The molecule has 0 aliphatic heterocycles. The molecule has 4 rings (SSSR count). The van der Waals surface area contributed by atoms with Crippen molar-refractivity contribution >= 4 is 0 Å². The summed E-state index contributed by atoms with van der Waals surface area (Å²) in [5.74, 6) is -1.05. The number of allylic oxidation sites excluding steroid dienone is 1. The van der Waals surface area contributed by atoms with Crippen molar-refractivity contribution in [2.24, 2.45) is 28.6 Å². The molecule has 0 saturated heterocycles. The van der Waals surface area contributed by atoms with Gasteiger partial charge < -0.3 is 30.6 Å². The first-order valence-electron chi connectivity index (χ1n) is 10.4. The van der Waals surface area contributed by atoms with Crippen LogP contribution < -0.4 is 0 Å². The van der Waals surface area contributed by atoms with Gasteiger partial charge in [-0.1, -0.05) is 18.6 Å². The van der Waals surface area contributed by atoms with Gasteiger partial charge in [-0.05, 0) is 57.3 Å². The molecule has 0 bridgehead atoms. The van der Waals surface area contributed by atoms with Gasteiger partial charge in [0, 0.05) is 16.7 Å². The molecule has 0 spiro atoms. The van der Waals surface area contributed by atoms with Crippen LogP contribution in [0.4, 0.5) is 0 Å². The van der Waals surface area contributed by atoms with E-state index in [2.05, 4.69) is 0 Å². The van der Waals surface area contributed by atoms with E-state index in [9.17, 15) is 30.6 Å². The standard InChI is InChI=1S/C21H34O6/c1-11(23)14-6-8-21(27)15-4-3-12-9-13(24)5-7-20(12,10-22)16(15)17(25)18(26)19(14,21)2/h3,11,13-18,22-27H,4-10H2,1-2H3. The van der Waals surface area contributed by atoms with Crippen LogP contribution in [0.15, 0.2) is 11.6 Å². The normalized spacial score (nSPS) is 55.9. The van der Waals surface area contributed by atoms with Gasteiger partial charge in [-0.2, -0.15) is 0 Å². The van der Waals surface area contributed by atoms with Gasteiger partial charge in [0.15, 0.2) is 0 Å². The Labute approximate surface area is 160 Å². The molecule has 6 N–H and O–H groups in total. The highest BCUT2D eigenvalue weighted by molar-refractivity contribution is 5.31. The van der Waals surface area contributed by atoms with E-state index >= 15 is 0 Å². The number of aliphatic hydroxyl groups is 6. The fourth-order valence-electron chi connectivity index (χ4n) is 7.57. The first-order valence-corrected chi connectivity index (χ1v) is 10.4. The Balaban J connectivity index is 1.83. The Hall–Kier alpha value is -0.500. The summed E-state index contributed by atoms with van der Waals surface area (Å²) >= 11 is 0. The molecular formula is C21H34O6. The van der Waals surface area contributed by atoms with Crippen molar-refractivity contribution in [3.63, 3.8) is 0 Å². The van der Waals surface area contributed by atoms with Crippen LogP contribution in [0.2, 0.25) is 0 Å². The molecule has 4 aliphatic rings. The summed E-state index contributed by atoms with van der Waals surface area (Å²) in [5.41, 5.74) is -1.97. The maximum atomic E-state index is 11.9. The lowest BCUT2D eigenvalue weighted by molar-refractivity contribution is -0.274. The Bertz CT molecular complexity index is 634. The van der Waals surface area contributed by atoms with Crippen molar-refractivity contribution < 1.29 is 30.6 Å². The summed E-state index contributed by atoms with van der Waals surface area (Å²) < 4.78 is 0. The van der Waals surface area contributed by atoms with Crippen molar-refractivity contribution in [1.29, 1.82) is 0 Å². The van der Waals surface area contributed by atoms with E-state index in [1.165, 1.54) is 0 Å². The van der Waals surface area contributed by atoms with Gasteiger partial charge in [0.25, 0.3) is 0 Å². The summed E-state index contributed by atoms with van der Waals surface area (Å²) in [6.07, 6.45) is 1.80. The minimum Gasteiger partial charge on any atom is -0.395 e. The molecule has 27 heavy (non-hydrogen) atoms. The Morgan fingerprint density at radius 1 is 1.19 bits per heavy atom. The van der Waals surface area contributed by atoms with Crippen molar-refractivity contribution in [2.75, 3.05) is 6.61 Å². The van der Waals surface area contributed by atoms with Crippen LogP contribution in [0.25, 0.3) is 0 Å². The van der Waals surface area contributed by atoms with Crippen molar-refractivity contribution in [2.45, 2.75) is 82.4 Å². The second-order valence-electron chi connectivity index (χ2n) is 9.84. The smallest absolute Gasteiger partial charge is 0.0886 e. The van der Waals surface area contributed by atoms with Crippen molar-refractivity contribution in [1.82, 2.24) is 0 Å². The molecule has 0 aromatic heterocycles. The largest absolute Gasteiger partial charge is 0.395 e. The van der Waals surface area contributed by atoms with E-state index in [1.807, 2.05) is 6.08 Å². The average molecular weight is 382 g/mol. The maximum absolute atomic E-state index is 11.9. The van der Waals surface area contributed by atoms with Gasteiger partial charge in [-0.25, -0.2) is 0 Å². The summed E-state index contributed by atoms with van der Waals surface area (Å²) in [5, 5.41) is 65.1. The first kappa shape index (κ1) is 19.8. The monoisotopic (exact) mass is 382 g/mol. The van der Waals surface area contributed by atoms with Crippen LogP contribution in [0.5, 0.6) is 0 Å². The molecule has 6 nitrogen and oxygen atoms in total. The van der Waals surface area contributed by atoms with Crippen LogP contribution in [0.1, 0.15) is 52.4 Å². The number of hydrogen-bond donors (Lipinski definition) is 6. The minimum atomic E-state index is -1.21. The lowest BCUT2D eigenvalue weighted by atomic mass is 9.43. The molecular weight excluding hydrogens is 348 g/mol. The zero-order chi connectivity index (χ0) is 19.8. The molecule has 4 aliphatic carbocycles. The predicted molar refractivity (Wildman–Crippen MR) is 98.5 cm³/mol. The third kappa shape index (κ3) is 2.29. The molecule has 10 atom stereocenters. The quantitative estimate of drug-likeness (QED) is 0.383. The average Bonchev–Trinajstić information content (AvgIpc) is 2.92. The molecule has 0 heterocycles. The Morgan fingerprint density at radius 3 is 2.52 bits per heavy atom. The van der Waals surface area contributed by atoms with E-state index in [-0.39, 0.29) is 18.4 Å². The van der Waals surface area contributed by atoms with Gasteiger partial charge in [0.1, 0.15) is 0 Å².